The van der Waals surface area contributed by atoms with E-state index in [2.05, 4.69) is 30.9 Å². The summed E-state index contributed by atoms with van der Waals surface area (Å²) < 4.78 is 5.75. The van der Waals surface area contributed by atoms with E-state index in [9.17, 15) is 0 Å². The van der Waals surface area contributed by atoms with Gasteiger partial charge in [-0.25, -0.2) is 0 Å². The van der Waals surface area contributed by atoms with E-state index in [1.54, 1.807) is 0 Å². The lowest BCUT2D eigenvalue weighted by Gasteiger charge is -2.06. The first-order valence-electron chi connectivity index (χ1n) is 6.66. The number of rotatable bonds is 4. The largest absolute Gasteiger partial charge is 0.457 e. The van der Waals surface area contributed by atoms with Crippen molar-refractivity contribution in [3.8, 4) is 23.3 Å². The zero-order valence-corrected chi connectivity index (χ0v) is 11.2. The van der Waals surface area contributed by atoms with Gasteiger partial charge in [-0.15, -0.1) is 11.8 Å². The maximum Gasteiger partial charge on any atom is 0.127 e. The third kappa shape index (κ3) is 4.52. The highest BCUT2D eigenvalue weighted by atomic mass is 16.5. The molecule has 0 aromatic heterocycles. The van der Waals surface area contributed by atoms with E-state index >= 15 is 0 Å². The Kier molecular flexibility index (Phi) is 5.07. The van der Waals surface area contributed by atoms with Crippen LogP contribution in [-0.4, -0.2) is 0 Å². The number of hydrogen-bond donors (Lipinski definition) is 0. The molecule has 2 aromatic rings. The van der Waals surface area contributed by atoms with Crippen LogP contribution in [0, 0.1) is 11.8 Å². The molecule has 0 spiro atoms. The monoisotopic (exact) mass is 250 g/mol. The van der Waals surface area contributed by atoms with Crippen molar-refractivity contribution in [2.24, 2.45) is 0 Å². The van der Waals surface area contributed by atoms with Gasteiger partial charge in [0.2, 0.25) is 0 Å². The first-order chi connectivity index (χ1) is 9.38. The van der Waals surface area contributed by atoms with Gasteiger partial charge in [-0.3, -0.25) is 0 Å². The van der Waals surface area contributed by atoms with Gasteiger partial charge in [0.05, 0.1) is 0 Å². The Morgan fingerprint density at radius 3 is 2.21 bits per heavy atom. The second-order valence-corrected chi connectivity index (χ2v) is 4.27. The van der Waals surface area contributed by atoms with E-state index < -0.39 is 0 Å². The van der Waals surface area contributed by atoms with Crippen molar-refractivity contribution in [3.63, 3.8) is 0 Å². The van der Waals surface area contributed by atoms with Crippen LogP contribution in [0.25, 0.3) is 0 Å². The number of aryl methyl sites for hydroxylation is 1. The Bertz CT molecular complexity index is 544. The minimum absolute atomic E-state index is 0.865. The van der Waals surface area contributed by atoms with E-state index in [0.29, 0.717) is 0 Å². The molecule has 0 fully saturated rings. The van der Waals surface area contributed by atoms with Gasteiger partial charge in [0, 0.05) is 12.8 Å². The molecule has 19 heavy (non-hydrogen) atoms. The van der Waals surface area contributed by atoms with Gasteiger partial charge in [-0.05, 0) is 36.2 Å². The zero-order chi connectivity index (χ0) is 13.3. The Morgan fingerprint density at radius 1 is 0.842 bits per heavy atom. The van der Waals surface area contributed by atoms with Crippen molar-refractivity contribution in [2.45, 2.75) is 26.2 Å². The van der Waals surface area contributed by atoms with E-state index in [0.717, 1.165) is 30.8 Å². The normalized spacial score (nSPS) is 9.53. The van der Waals surface area contributed by atoms with E-state index in [1.165, 1.54) is 5.56 Å². The maximum atomic E-state index is 5.75. The number of hydrogen-bond acceptors (Lipinski definition) is 1. The fourth-order valence-corrected chi connectivity index (χ4v) is 1.77. The second kappa shape index (κ2) is 7.28. The van der Waals surface area contributed by atoms with Crippen LogP contribution in [0.3, 0.4) is 0 Å². The Balaban J connectivity index is 1.91. The molecule has 0 aliphatic heterocycles. The van der Waals surface area contributed by atoms with E-state index in [-0.39, 0.29) is 0 Å². The van der Waals surface area contributed by atoms with Gasteiger partial charge in [0.25, 0.3) is 0 Å². The van der Waals surface area contributed by atoms with Crippen LogP contribution in [0.15, 0.2) is 54.6 Å². The molecule has 0 unspecified atom stereocenters. The minimum atomic E-state index is 0.865. The van der Waals surface area contributed by atoms with Crippen molar-refractivity contribution < 1.29 is 4.74 Å². The lowest BCUT2D eigenvalue weighted by molar-refractivity contribution is 0.482. The molecule has 0 radical (unpaired) electrons. The molecular weight excluding hydrogens is 232 g/mol. The smallest absolute Gasteiger partial charge is 0.127 e. The molecule has 96 valence electrons. The molecule has 0 atom stereocenters. The summed E-state index contributed by atoms with van der Waals surface area (Å²) in [5.74, 6) is 7.98. The average Bonchev–Trinajstić information content (AvgIpc) is 2.46. The van der Waals surface area contributed by atoms with Crippen LogP contribution in [0.2, 0.25) is 0 Å². The Morgan fingerprint density at radius 2 is 1.53 bits per heavy atom. The fourth-order valence-electron chi connectivity index (χ4n) is 1.77. The molecule has 0 saturated heterocycles. The highest BCUT2D eigenvalue weighted by Gasteiger charge is 1.97. The van der Waals surface area contributed by atoms with Crippen LogP contribution >= 0.6 is 0 Å². The van der Waals surface area contributed by atoms with Gasteiger partial charge in [0.1, 0.15) is 11.5 Å². The van der Waals surface area contributed by atoms with Crippen LogP contribution in [0.1, 0.15) is 25.3 Å². The average molecular weight is 250 g/mol. The van der Waals surface area contributed by atoms with Crippen molar-refractivity contribution in [2.75, 3.05) is 0 Å². The maximum absolute atomic E-state index is 5.75. The van der Waals surface area contributed by atoms with Crippen LogP contribution in [-0.2, 0) is 6.42 Å². The van der Waals surface area contributed by atoms with Gasteiger partial charge < -0.3 is 4.74 Å². The summed E-state index contributed by atoms with van der Waals surface area (Å²) in [6.07, 6.45) is 2.86. The molecule has 0 amide bonds. The van der Waals surface area contributed by atoms with Crippen LogP contribution in [0.4, 0.5) is 0 Å². The van der Waals surface area contributed by atoms with E-state index in [4.69, 9.17) is 4.74 Å². The van der Waals surface area contributed by atoms with Gasteiger partial charge in [-0.2, -0.15) is 0 Å². The SMILES string of the molecule is CCC#CCCc1ccc(Oc2ccccc2)cc1. The topological polar surface area (TPSA) is 9.23 Å². The van der Waals surface area contributed by atoms with Crippen molar-refractivity contribution >= 4 is 0 Å². The standard InChI is InChI=1S/C18H18O/c1-2-3-4-6-9-16-12-14-18(15-13-16)19-17-10-7-5-8-11-17/h5,7-8,10-15H,2,6,9H2,1H3. The molecule has 0 saturated carbocycles. The zero-order valence-electron chi connectivity index (χ0n) is 11.2. The Hall–Kier alpha value is -2.20. The molecule has 2 aromatic carbocycles. The molecule has 1 nitrogen and oxygen atoms in total. The highest BCUT2D eigenvalue weighted by molar-refractivity contribution is 5.33. The molecule has 0 bridgehead atoms. The molecule has 1 heteroatoms. The van der Waals surface area contributed by atoms with Crippen LogP contribution < -0.4 is 4.74 Å². The first-order valence-corrected chi connectivity index (χ1v) is 6.66. The minimum Gasteiger partial charge on any atom is -0.457 e. The lowest BCUT2D eigenvalue weighted by atomic mass is 10.1. The van der Waals surface area contributed by atoms with Gasteiger partial charge in [0.15, 0.2) is 0 Å². The number of benzene rings is 2. The predicted octanol–water partition coefficient (Wildman–Crippen LogP) is 4.82. The highest BCUT2D eigenvalue weighted by Crippen LogP contribution is 2.21. The predicted molar refractivity (Wildman–Crippen MR) is 79.3 cm³/mol. The molecule has 0 N–H and O–H groups in total. The number of ether oxygens (including phenoxy) is 1. The Labute approximate surface area is 115 Å². The summed E-state index contributed by atoms with van der Waals surface area (Å²) in [5.41, 5.74) is 1.30. The molecule has 0 heterocycles. The van der Waals surface area contributed by atoms with Gasteiger partial charge >= 0.3 is 0 Å². The fraction of sp³-hybridized carbons (Fsp3) is 0.222. The molecule has 2 rings (SSSR count). The van der Waals surface area contributed by atoms with Crippen molar-refractivity contribution in [3.05, 3.63) is 60.2 Å². The number of para-hydroxylation sites is 1. The first kappa shape index (κ1) is 13.2. The molecule has 0 aliphatic carbocycles. The van der Waals surface area contributed by atoms with Crippen LogP contribution in [0.5, 0.6) is 11.5 Å². The van der Waals surface area contributed by atoms with Crippen molar-refractivity contribution in [1.82, 2.24) is 0 Å². The van der Waals surface area contributed by atoms with E-state index in [1.807, 2.05) is 42.5 Å². The summed E-state index contributed by atoms with van der Waals surface area (Å²) in [4.78, 5) is 0. The molecular formula is C18H18O. The summed E-state index contributed by atoms with van der Waals surface area (Å²) in [6.45, 7) is 2.07. The third-order valence-electron chi connectivity index (χ3n) is 2.74. The van der Waals surface area contributed by atoms with Gasteiger partial charge in [-0.1, -0.05) is 37.3 Å². The summed E-state index contributed by atoms with van der Waals surface area (Å²) in [5, 5.41) is 0. The second-order valence-electron chi connectivity index (χ2n) is 4.27. The lowest BCUT2D eigenvalue weighted by Crippen LogP contribution is -1.86. The molecule has 0 aliphatic rings. The summed E-state index contributed by atoms with van der Waals surface area (Å²) >= 11 is 0. The third-order valence-corrected chi connectivity index (χ3v) is 2.74. The summed E-state index contributed by atoms with van der Waals surface area (Å²) in [6, 6.07) is 18.0. The quantitative estimate of drug-likeness (QED) is 0.706. The summed E-state index contributed by atoms with van der Waals surface area (Å²) in [7, 11) is 0. The van der Waals surface area contributed by atoms with Crippen molar-refractivity contribution in [1.29, 1.82) is 0 Å².